The standard InChI is InChI=1S/C20H20N2O4/c1-2-12-5-3-4-6-16(12)22-20(24)15-10-14(15)19(23)21-13-7-8-17-18(9-13)26-11-25-17/h3-9,14-15H,2,10-11H2,1H3,(H,21,23)(H,22,24). The maximum atomic E-state index is 12.4. The van der Waals surface area contributed by atoms with E-state index in [1.165, 1.54) is 0 Å². The minimum absolute atomic E-state index is 0.100. The highest BCUT2D eigenvalue weighted by Crippen LogP contribution is 2.41. The van der Waals surface area contributed by atoms with Crippen molar-refractivity contribution in [1.82, 2.24) is 0 Å². The third-order valence-electron chi connectivity index (χ3n) is 4.76. The Morgan fingerprint density at radius 1 is 1.00 bits per heavy atom. The Hall–Kier alpha value is -3.02. The molecule has 2 aliphatic rings. The number of para-hydroxylation sites is 1. The highest BCUT2D eigenvalue weighted by molar-refractivity contribution is 6.03. The molecule has 2 aromatic rings. The van der Waals surface area contributed by atoms with Crippen molar-refractivity contribution in [2.75, 3.05) is 17.4 Å². The van der Waals surface area contributed by atoms with Crippen LogP contribution >= 0.6 is 0 Å². The van der Waals surface area contributed by atoms with Gasteiger partial charge in [-0.2, -0.15) is 0 Å². The van der Waals surface area contributed by atoms with Gasteiger partial charge >= 0.3 is 0 Å². The Morgan fingerprint density at radius 3 is 2.54 bits per heavy atom. The first-order valence-electron chi connectivity index (χ1n) is 8.75. The van der Waals surface area contributed by atoms with E-state index in [0.29, 0.717) is 23.6 Å². The summed E-state index contributed by atoms with van der Waals surface area (Å²) in [6, 6.07) is 13.0. The zero-order chi connectivity index (χ0) is 18.1. The molecule has 1 aliphatic heterocycles. The van der Waals surface area contributed by atoms with Crippen LogP contribution < -0.4 is 20.1 Å². The number of hydrogen-bond donors (Lipinski definition) is 2. The number of hydrogen-bond acceptors (Lipinski definition) is 4. The Balaban J connectivity index is 1.35. The summed E-state index contributed by atoms with van der Waals surface area (Å²) in [5.74, 6) is 0.456. The summed E-state index contributed by atoms with van der Waals surface area (Å²) in [6.45, 7) is 2.24. The summed E-state index contributed by atoms with van der Waals surface area (Å²) in [4.78, 5) is 24.8. The SMILES string of the molecule is CCc1ccccc1NC(=O)C1CC1C(=O)Nc1ccc2c(c1)OCO2. The number of amides is 2. The van der Waals surface area contributed by atoms with Crippen LogP contribution in [0.4, 0.5) is 11.4 Å². The predicted octanol–water partition coefficient (Wildman–Crippen LogP) is 3.19. The summed E-state index contributed by atoms with van der Waals surface area (Å²) in [5.41, 5.74) is 2.55. The van der Waals surface area contributed by atoms with Crippen molar-refractivity contribution in [2.45, 2.75) is 19.8 Å². The van der Waals surface area contributed by atoms with Crippen LogP contribution in [0.2, 0.25) is 0 Å². The summed E-state index contributed by atoms with van der Waals surface area (Å²) in [7, 11) is 0. The van der Waals surface area contributed by atoms with Gasteiger partial charge in [0.1, 0.15) is 0 Å². The van der Waals surface area contributed by atoms with Crippen LogP contribution in [0.3, 0.4) is 0 Å². The number of nitrogens with one attached hydrogen (secondary N) is 2. The van der Waals surface area contributed by atoms with Gasteiger partial charge in [-0.15, -0.1) is 0 Å². The van der Waals surface area contributed by atoms with Gasteiger partial charge in [-0.25, -0.2) is 0 Å². The molecular formula is C20H20N2O4. The van der Waals surface area contributed by atoms with Gasteiger partial charge < -0.3 is 20.1 Å². The van der Waals surface area contributed by atoms with E-state index in [2.05, 4.69) is 10.6 Å². The topological polar surface area (TPSA) is 76.7 Å². The molecule has 0 saturated heterocycles. The lowest BCUT2D eigenvalue weighted by molar-refractivity contribution is -0.122. The second-order valence-electron chi connectivity index (χ2n) is 6.51. The molecule has 2 unspecified atom stereocenters. The summed E-state index contributed by atoms with van der Waals surface area (Å²) < 4.78 is 10.6. The first kappa shape index (κ1) is 16.4. The number of aryl methyl sites for hydroxylation is 1. The van der Waals surface area contributed by atoms with Crippen molar-refractivity contribution in [3.05, 3.63) is 48.0 Å². The average molecular weight is 352 g/mol. The molecule has 134 valence electrons. The van der Waals surface area contributed by atoms with E-state index in [1.54, 1.807) is 18.2 Å². The maximum Gasteiger partial charge on any atom is 0.231 e. The van der Waals surface area contributed by atoms with Gasteiger partial charge in [-0.3, -0.25) is 9.59 Å². The molecule has 6 heteroatoms. The van der Waals surface area contributed by atoms with Gasteiger partial charge in [0.25, 0.3) is 0 Å². The van der Waals surface area contributed by atoms with Gasteiger partial charge in [0.15, 0.2) is 11.5 Å². The molecule has 1 heterocycles. The van der Waals surface area contributed by atoms with E-state index in [4.69, 9.17) is 9.47 Å². The second-order valence-corrected chi connectivity index (χ2v) is 6.51. The highest BCUT2D eigenvalue weighted by Gasteiger charge is 2.48. The average Bonchev–Trinajstić information content (AvgIpc) is 3.33. The van der Waals surface area contributed by atoms with Crippen molar-refractivity contribution >= 4 is 23.2 Å². The van der Waals surface area contributed by atoms with Gasteiger partial charge in [0.05, 0.1) is 11.8 Å². The molecule has 4 rings (SSSR count). The third kappa shape index (κ3) is 3.22. The van der Waals surface area contributed by atoms with Crippen molar-refractivity contribution in [1.29, 1.82) is 0 Å². The number of carbonyl (C=O) groups is 2. The fraction of sp³-hybridized carbons (Fsp3) is 0.300. The molecule has 0 bridgehead atoms. The van der Waals surface area contributed by atoms with Crippen molar-refractivity contribution < 1.29 is 19.1 Å². The lowest BCUT2D eigenvalue weighted by atomic mass is 10.1. The minimum atomic E-state index is -0.297. The van der Waals surface area contributed by atoms with E-state index in [-0.39, 0.29) is 30.4 Å². The van der Waals surface area contributed by atoms with E-state index in [0.717, 1.165) is 17.7 Å². The quantitative estimate of drug-likeness (QED) is 0.866. The van der Waals surface area contributed by atoms with Gasteiger partial charge in [-0.1, -0.05) is 25.1 Å². The lowest BCUT2D eigenvalue weighted by Gasteiger charge is -2.10. The first-order chi connectivity index (χ1) is 12.7. The molecule has 1 aliphatic carbocycles. The first-order valence-corrected chi connectivity index (χ1v) is 8.75. The van der Waals surface area contributed by atoms with E-state index in [9.17, 15) is 9.59 Å². The van der Waals surface area contributed by atoms with Gasteiger partial charge in [0, 0.05) is 17.4 Å². The molecular weight excluding hydrogens is 332 g/mol. The van der Waals surface area contributed by atoms with E-state index in [1.807, 2.05) is 31.2 Å². The number of ether oxygens (including phenoxy) is 2. The third-order valence-corrected chi connectivity index (χ3v) is 4.76. The van der Waals surface area contributed by atoms with Crippen LogP contribution in [0.25, 0.3) is 0 Å². The summed E-state index contributed by atoms with van der Waals surface area (Å²) in [6.07, 6.45) is 1.41. The maximum absolute atomic E-state index is 12.4. The van der Waals surface area contributed by atoms with Gasteiger partial charge in [-0.05, 0) is 36.6 Å². The lowest BCUT2D eigenvalue weighted by Crippen LogP contribution is -2.21. The number of rotatable bonds is 5. The van der Waals surface area contributed by atoms with Crippen LogP contribution in [-0.2, 0) is 16.0 Å². The van der Waals surface area contributed by atoms with Crippen molar-refractivity contribution in [3.8, 4) is 11.5 Å². The Kier molecular flexibility index (Phi) is 4.24. The zero-order valence-electron chi connectivity index (χ0n) is 14.5. The van der Waals surface area contributed by atoms with E-state index < -0.39 is 0 Å². The molecule has 0 aromatic heterocycles. The predicted molar refractivity (Wildman–Crippen MR) is 97.2 cm³/mol. The molecule has 0 radical (unpaired) electrons. The molecule has 1 saturated carbocycles. The number of fused-ring (bicyclic) bond motifs is 1. The zero-order valence-corrected chi connectivity index (χ0v) is 14.5. The van der Waals surface area contributed by atoms with Crippen LogP contribution in [0, 0.1) is 11.8 Å². The molecule has 1 fully saturated rings. The molecule has 2 atom stereocenters. The fourth-order valence-corrected chi connectivity index (χ4v) is 3.16. The molecule has 0 spiro atoms. The Morgan fingerprint density at radius 2 is 1.73 bits per heavy atom. The molecule has 6 nitrogen and oxygen atoms in total. The second kappa shape index (κ2) is 6.71. The smallest absolute Gasteiger partial charge is 0.231 e. The fourth-order valence-electron chi connectivity index (χ4n) is 3.16. The number of carbonyl (C=O) groups excluding carboxylic acids is 2. The highest BCUT2D eigenvalue weighted by atomic mass is 16.7. The van der Waals surface area contributed by atoms with E-state index >= 15 is 0 Å². The summed E-state index contributed by atoms with van der Waals surface area (Å²) >= 11 is 0. The monoisotopic (exact) mass is 352 g/mol. The van der Waals surface area contributed by atoms with Crippen LogP contribution in [0.5, 0.6) is 11.5 Å². The van der Waals surface area contributed by atoms with Crippen LogP contribution in [0.1, 0.15) is 18.9 Å². The van der Waals surface area contributed by atoms with Crippen LogP contribution in [0.15, 0.2) is 42.5 Å². The summed E-state index contributed by atoms with van der Waals surface area (Å²) in [5, 5.41) is 5.80. The number of benzene rings is 2. The molecule has 2 amide bonds. The number of anilines is 2. The molecule has 2 aromatic carbocycles. The Labute approximate surface area is 151 Å². The van der Waals surface area contributed by atoms with Crippen LogP contribution in [-0.4, -0.2) is 18.6 Å². The molecule has 2 N–H and O–H groups in total. The minimum Gasteiger partial charge on any atom is -0.454 e. The van der Waals surface area contributed by atoms with Gasteiger partial charge in [0.2, 0.25) is 18.6 Å². The van der Waals surface area contributed by atoms with Crippen molar-refractivity contribution in [2.24, 2.45) is 11.8 Å². The Bertz CT molecular complexity index is 865. The normalized spacial score (nSPS) is 19.7. The molecule has 26 heavy (non-hydrogen) atoms. The largest absolute Gasteiger partial charge is 0.454 e. The van der Waals surface area contributed by atoms with Crippen molar-refractivity contribution in [3.63, 3.8) is 0 Å².